The summed E-state index contributed by atoms with van der Waals surface area (Å²) in [4.78, 5) is 38.8. The lowest BCUT2D eigenvalue weighted by Crippen LogP contribution is -2.50. The molecule has 1 atom stereocenters. The van der Waals surface area contributed by atoms with Gasteiger partial charge in [0.25, 0.3) is 0 Å². The van der Waals surface area contributed by atoms with Crippen molar-refractivity contribution in [2.24, 2.45) is 5.92 Å². The van der Waals surface area contributed by atoms with Crippen molar-refractivity contribution in [1.82, 2.24) is 10.2 Å². The molecule has 2 amide bonds. The van der Waals surface area contributed by atoms with Crippen LogP contribution in [0.3, 0.4) is 0 Å². The van der Waals surface area contributed by atoms with Crippen LogP contribution in [0.5, 0.6) is 0 Å². The van der Waals surface area contributed by atoms with Crippen molar-refractivity contribution < 1.29 is 24.2 Å². The molecule has 7 heteroatoms. The summed E-state index contributed by atoms with van der Waals surface area (Å²) in [6.45, 7) is 2.64. The Hall–Kier alpha value is -3.35. The number of carboxylic acids is 1. The van der Waals surface area contributed by atoms with Crippen LogP contribution >= 0.6 is 0 Å². The number of aliphatic carboxylic acids is 1. The van der Waals surface area contributed by atoms with Crippen molar-refractivity contribution in [3.63, 3.8) is 0 Å². The summed E-state index contributed by atoms with van der Waals surface area (Å²) >= 11 is 0. The smallest absolute Gasteiger partial charge is 0.407 e. The lowest BCUT2D eigenvalue weighted by atomic mass is 9.88. The minimum atomic E-state index is -0.996. The fourth-order valence-electron chi connectivity index (χ4n) is 6.19. The monoisotopic (exact) mass is 476 g/mol. The zero-order chi connectivity index (χ0) is 24.6. The highest BCUT2D eigenvalue weighted by Crippen LogP contribution is 2.47. The summed E-state index contributed by atoms with van der Waals surface area (Å²) in [5.41, 5.74) is 3.72. The first kappa shape index (κ1) is 23.4. The van der Waals surface area contributed by atoms with E-state index in [1.54, 1.807) is 4.90 Å². The van der Waals surface area contributed by atoms with Crippen molar-refractivity contribution in [1.29, 1.82) is 0 Å². The normalized spacial score (nSPS) is 23.0. The van der Waals surface area contributed by atoms with Gasteiger partial charge in [0.05, 0.1) is 0 Å². The quantitative estimate of drug-likeness (QED) is 0.583. The van der Waals surface area contributed by atoms with Crippen LogP contribution in [0.1, 0.15) is 62.5 Å². The van der Waals surface area contributed by atoms with Crippen LogP contribution in [-0.2, 0) is 14.3 Å². The van der Waals surface area contributed by atoms with Gasteiger partial charge in [-0.15, -0.1) is 0 Å². The van der Waals surface area contributed by atoms with Gasteiger partial charge in [-0.3, -0.25) is 4.79 Å². The predicted molar refractivity (Wildman–Crippen MR) is 131 cm³/mol. The molecule has 1 unspecified atom stereocenters. The number of amides is 2. The molecule has 2 aromatic rings. The van der Waals surface area contributed by atoms with Gasteiger partial charge in [-0.1, -0.05) is 55.5 Å². The molecule has 0 aromatic heterocycles. The number of carboxylic acid groups (broad SMARTS) is 1. The summed E-state index contributed by atoms with van der Waals surface area (Å²) in [6.07, 6.45) is 3.07. The van der Waals surface area contributed by atoms with Gasteiger partial charge < -0.3 is 20.1 Å². The van der Waals surface area contributed by atoms with Crippen LogP contribution in [-0.4, -0.2) is 52.7 Å². The molecule has 2 aromatic carbocycles. The van der Waals surface area contributed by atoms with Crippen molar-refractivity contribution in [2.75, 3.05) is 13.2 Å². The van der Waals surface area contributed by atoms with E-state index in [2.05, 4.69) is 29.6 Å². The second kappa shape index (κ2) is 9.36. The summed E-state index contributed by atoms with van der Waals surface area (Å²) in [5, 5.41) is 12.5. The van der Waals surface area contributed by atoms with E-state index in [1.807, 2.05) is 31.2 Å². The second-order valence-electron chi connectivity index (χ2n) is 10.2. The van der Waals surface area contributed by atoms with Gasteiger partial charge in [0.1, 0.15) is 12.1 Å². The maximum Gasteiger partial charge on any atom is 0.407 e. The molecule has 1 aliphatic carbocycles. The first-order chi connectivity index (χ1) is 16.9. The van der Waals surface area contributed by atoms with E-state index >= 15 is 0 Å². The number of benzene rings is 2. The second-order valence-corrected chi connectivity index (χ2v) is 10.2. The van der Waals surface area contributed by atoms with E-state index in [9.17, 15) is 19.5 Å². The van der Waals surface area contributed by atoms with Gasteiger partial charge in [-0.05, 0) is 60.3 Å². The molecule has 2 aliphatic heterocycles. The van der Waals surface area contributed by atoms with Gasteiger partial charge in [0.15, 0.2) is 0 Å². The fourth-order valence-corrected chi connectivity index (χ4v) is 6.19. The number of nitrogens with zero attached hydrogens (tertiary/aromatic N) is 1. The standard InChI is InChI=1S/C28H32N2O5/c1-18(10-11-25(31)30-19-12-14-28(30,15-13-19)26(32)33)16-29-27(34)35-17-24-22-8-4-2-6-20(22)21-7-3-5-9-23(21)24/h2-9,18-19,24H,10-17H2,1H3,(H,29,34)(H,32,33). The van der Waals surface area contributed by atoms with Gasteiger partial charge in [-0.25, -0.2) is 9.59 Å². The molecule has 7 nitrogen and oxygen atoms in total. The SMILES string of the molecule is CC(CCC(=O)N1C2CCC1(C(=O)O)CC2)CNC(=O)OCC1c2ccccc2-c2ccccc21. The molecular weight excluding hydrogens is 444 g/mol. The number of ether oxygens (including phenoxy) is 1. The third-order valence-corrected chi connectivity index (χ3v) is 8.06. The Kier molecular flexibility index (Phi) is 6.26. The molecule has 35 heavy (non-hydrogen) atoms. The zero-order valence-corrected chi connectivity index (χ0v) is 20.0. The predicted octanol–water partition coefficient (Wildman–Crippen LogP) is 4.55. The topological polar surface area (TPSA) is 95.9 Å². The molecule has 0 saturated carbocycles. The van der Waals surface area contributed by atoms with Crippen LogP contribution in [0.2, 0.25) is 0 Å². The van der Waals surface area contributed by atoms with E-state index in [4.69, 9.17) is 4.74 Å². The minimum absolute atomic E-state index is 0.0144. The number of hydrogen-bond acceptors (Lipinski definition) is 4. The lowest BCUT2D eigenvalue weighted by molar-refractivity contribution is -0.155. The number of fused-ring (bicyclic) bond motifs is 5. The number of nitrogens with one attached hydrogen (secondary N) is 1. The van der Waals surface area contributed by atoms with Crippen LogP contribution in [0.4, 0.5) is 4.79 Å². The van der Waals surface area contributed by atoms with E-state index in [-0.39, 0.29) is 30.4 Å². The Bertz CT molecular complexity index is 1090. The number of hydrogen-bond donors (Lipinski definition) is 2. The number of carbonyl (C=O) groups excluding carboxylic acids is 2. The van der Waals surface area contributed by atoms with E-state index < -0.39 is 17.6 Å². The van der Waals surface area contributed by atoms with E-state index in [0.29, 0.717) is 32.2 Å². The Balaban J connectivity index is 1.09. The zero-order valence-electron chi connectivity index (χ0n) is 20.0. The summed E-state index contributed by atoms with van der Waals surface area (Å²) < 4.78 is 5.58. The first-order valence-corrected chi connectivity index (χ1v) is 12.5. The third kappa shape index (κ3) is 4.17. The Morgan fingerprint density at radius 1 is 1.06 bits per heavy atom. The molecule has 2 bridgehead atoms. The Labute approximate surface area is 205 Å². The maximum atomic E-state index is 12.9. The van der Waals surface area contributed by atoms with Gasteiger partial charge in [0, 0.05) is 24.9 Å². The number of alkyl carbamates (subject to hydrolysis) is 1. The van der Waals surface area contributed by atoms with Crippen molar-refractivity contribution >= 4 is 18.0 Å². The summed E-state index contributed by atoms with van der Waals surface area (Å²) in [6, 6.07) is 16.5. The largest absolute Gasteiger partial charge is 0.479 e. The highest BCUT2D eigenvalue weighted by Gasteiger charge is 2.58. The average molecular weight is 477 g/mol. The molecule has 3 aliphatic rings. The Morgan fingerprint density at radius 2 is 1.66 bits per heavy atom. The highest BCUT2D eigenvalue weighted by atomic mass is 16.5. The van der Waals surface area contributed by atoms with E-state index in [1.165, 1.54) is 22.3 Å². The maximum absolute atomic E-state index is 12.9. The molecule has 184 valence electrons. The summed E-state index contributed by atoms with van der Waals surface area (Å²) in [5.74, 6) is -0.878. The van der Waals surface area contributed by atoms with Gasteiger partial charge >= 0.3 is 12.1 Å². The molecule has 2 fully saturated rings. The van der Waals surface area contributed by atoms with Crippen LogP contribution in [0.25, 0.3) is 11.1 Å². The van der Waals surface area contributed by atoms with Crippen molar-refractivity contribution in [3.05, 3.63) is 59.7 Å². The molecule has 5 rings (SSSR count). The van der Waals surface area contributed by atoms with Crippen LogP contribution in [0.15, 0.2) is 48.5 Å². The molecule has 2 heterocycles. The number of carbonyl (C=O) groups is 3. The van der Waals surface area contributed by atoms with Gasteiger partial charge in [-0.2, -0.15) is 0 Å². The lowest BCUT2D eigenvalue weighted by Gasteiger charge is -2.31. The molecule has 0 radical (unpaired) electrons. The van der Waals surface area contributed by atoms with Crippen molar-refractivity contribution in [3.8, 4) is 11.1 Å². The molecule has 2 saturated heterocycles. The van der Waals surface area contributed by atoms with Gasteiger partial charge in [0.2, 0.25) is 5.91 Å². The summed E-state index contributed by atoms with van der Waals surface area (Å²) in [7, 11) is 0. The first-order valence-electron chi connectivity index (χ1n) is 12.5. The fraction of sp³-hybridized carbons (Fsp3) is 0.464. The highest BCUT2D eigenvalue weighted by molar-refractivity contribution is 5.89. The van der Waals surface area contributed by atoms with Crippen molar-refractivity contribution in [2.45, 2.75) is 62.9 Å². The molecule has 0 spiro atoms. The van der Waals surface area contributed by atoms with Crippen LogP contribution < -0.4 is 5.32 Å². The molecular formula is C28H32N2O5. The molecule has 2 N–H and O–H groups in total. The third-order valence-electron chi connectivity index (χ3n) is 8.06. The van der Waals surface area contributed by atoms with E-state index in [0.717, 1.165) is 12.8 Å². The minimum Gasteiger partial charge on any atom is -0.479 e. The van der Waals surface area contributed by atoms with Crippen LogP contribution in [0, 0.1) is 5.92 Å². The average Bonchev–Trinajstić information content (AvgIpc) is 3.54. The number of rotatable bonds is 8. The Morgan fingerprint density at radius 3 is 2.26 bits per heavy atom.